The summed E-state index contributed by atoms with van der Waals surface area (Å²) in [5, 5.41) is 0.502. The fourth-order valence-electron chi connectivity index (χ4n) is 3.48. The van der Waals surface area contributed by atoms with Crippen molar-refractivity contribution < 1.29 is 18.3 Å². The molecule has 0 spiro atoms. The van der Waals surface area contributed by atoms with Crippen LogP contribution in [0.25, 0.3) is 16.9 Å². The Bertz CT molecular complexity index is 1090. The number of ether oxygens (including phenoxy) is 1. The standard InChI is InChI=1S/C21H19ClF2N2O2.C2H6/c1-3-4-17(27)14-9-15(23)19(11(2)20(14)24)21-16(8-13-10-28-13)26-6-5-12(22)7-18(26)25-21;1-2/h5-7,9,13H,3-4,8,10H2,1-2H3;1-2H3. The molecular formula is C23H25ClF2N2O2. The number of fused-ring (bicyclic) bond motifs is 1. The van der Waals surface area contributed by atoms with Crippen molar-refractivity contribution in [3.05, 3.63) is 57.9 Å². The Balaban J connectivity index is 0.00000124. The van der Waals surface area contributed by atoms with Gasteiger partial charge in [-0.3, -0.25) is 4.79 Å². The van der Waals surface area contributed by atoms with Crippen molar-refractivity contribution in [3.8, 4) is 11.3 Å². The molecule has 1 aromatic carbocycles. The molecule has 1 aliphatic heterocycles. The van der Waals surface area contributed by atoms with Crippen molar-refractivity contribution in [1.29, 1.82) is 0 Å². The van der Waals surface area contributed by atoms with Crippen LogP contribution in [0.2, 0.25) is 5.02 Å². The van der Waals surface area contributed by atoms with Crippen LogP contribution in [0.15, 0.2) is 24.4 Å². The number of Topliss-reactive ketones (excluding diaryl/α,β-unsaturated/α-hetero) is 1. The average molecular weight is 435 g/mol. The van der Waals surface area contributed by atoms with Gasteiger partial charge < -0.3 is 9.14 Å². The Labute approximate surface area is 179 Å². The highest BCUT2D eigenvalue weighted by Crippen LogP contribution is 2.35. The zero-order valence-corrected chi connectivity index (χ0v) is 18.3. The molecule has 4 rings (SSSR count). The van der Waals surface area contributed by atoms with Crippen LogP contribution in [0.4, 0.5) is 8.78 Å². The molecule has 1 unspecified atom stereocenters. The number of imidazole rings is 1. The lowest BCUT2D eigenvalue weighted by atomic mass is 9.96. The first-order chi connectivity index (χ1) is 14.4. The van der Waals surface area contributed by atoms with Crippen LogP contribution in [0, 0.1) is 18.6 Å². The summed E-state index contributed by atoms with van der Waals surface area (Å²) >= 11 is 6.07. The first-order valence-corrected chi connectivity index (χ1v) is 10.6. The molecule has 3 aromatic rings. The van der Waals surface area contributed by atoms with E-state index in [0.717, 1.165) is 11.8 Å². The molecule has 4 nitrogen and oxygen atoms in total. The minimum atomic E-state index is -0.696. The number of benzene rings is 1. The highest BCUT2D eigenvalue weighted by Gasteiger charge is 2.30. The number of epoxide rings is 1. The van der Waals surface area contributed by atoms with Crippen molar-refractivity contribution >= 4 is 23.0 Å². The fraction of sp³-hybridized carbons (Fsp3) is 0.391. The molecule has 0 amide bonds. The molecule has 1 aliphatic rings. The third kappa shape index (κ3) is 4.25. The van der Waals surface area contributed by atoms with Crippen LogP contribution in [0.3, 0.4) is 0 Å². The summed E-state index contributed by atoms with van der Waals surface area (Å²) in [6, 6.07) is 4.38. The number of aromatic nitrogens is 2. The monoisotopic (exact) mass is 434 g/mol. The maximum Gasteiger partial charge on any atom is 0.165 e. The van der Waals surface area contributed by atoms with Gasteiger partial charge in [0.25, 0.3) is 0 Å². The van der Waals surface area contributed by atoms with Crippen molar-refractivity contribution in [2.45, 2.75) is 53.1 Å². The summed E-state index contributed by atoms with van der Waals surface area (Å²) in [6.07, 6.45) is 3.06. The summed E-state index contributed by atoms with van der Waals surface area (Å²) in [5.74, 6) is -1.76. The van der Waals surface area contributed by atoms with E-state index in [2.05, 4.69) is 4.98 Å². The van der Waals surface area contributed by atoms with Gasteiger partial charge in [0, 0.05) is 35.7 Å². The second-order valence-electron chi connectivity index (χ2n) is 7.03. The van der Waals surface area contributed by atoms with Gasteiger partial charge in [-0.2, -0.15) is 0 Å². The molecule has 0 radical (unpaired) electrons. The Morgan fingerprint density at radius 2 is 2.03 bits per heavy atom. The van der Waals surface area contributed by atoms with Crippen molar-refractivity contribution in [2.75, 3.05) is 6.61 Å². The minimum Gasteiger partial charge on any atom is -0.373 e. The number of pyridine rings is 1. The van der Waals surface area contributed by atoms with Gasteiger partial charge in [-0.25, -0.2) is 13.8 Å². The molecule has 0 N–H and O–H groups in total. The second kappa shape index (κ2) is 9.23. The molecule has 7 heteroatoms. The van der Waals surface area contributed by atoms with Gasteiger partial charge in [-0.1, -0.05) is 32.4 Å². The fourth-order valence-corrected chi connectivity index (χ4v) is 3.63. The number of carbonyl (C=O) groups is 1. The van der Waals surface area contributed by atoms with E-state index in [0.29, 0.717) is 35.8 Å². The normalized spacial score (nSPS) is 15.1. The van der Waals surface area contributed by atoms with E-state index in [1.54, 1.807) is 18.3 Å². The van der Waals surface area contributed by atoms with Gasteiger partial charge in [0.2, 0.25) is 0 Å². The maximum absolute atomic E-state index is 15.1. The third-order valence-electron chi connectivity index (χ3n) is 4.98. The van der Waals surface area contributed by atoms with Gasteiger partial charge >= 0.3 is 0 Å². The van der Waals surface area contributed by atoms with Crippen LogP contribution < -0.4 is 0 Å². The number of hydrogen-bond donors (Lipinski definition) is 0. The first kappa shape index (κ1) is 22.4. The summed E-state index contributed by atoms with van der Waals surface area (Å²) in [7, 11) is 0. The van der Waals surface area contributed by atoms with E-state index in [4.69, 9.17) is 16.3 Å². The molecule has 1 saturated heterocycles. The number of hydrogen-bond acceptors (Lipinski definition) is 3. The lowest BCUT2D eigenvalue weighted by molar-refractivity contribution is 0.0977. The van der Waals surface area contributed by atoms with Crippen molar-refractivity contribution in [1.82, 2.24) is 9.38 Å². The predicted octanol–water partition coefficient (Wildman–Crippen LogP) is 6.19. The predicted molar refractivity (Wildman–Crippen MR) is 114 cm³/mol. The molecule has 30 heavy (non-hydrogen) atoms. The summed E-state index contributed by atoms with van der Waals surface area (Å²) < 4.78 is 37.2. The zero-order valence-electron chi connectivity index (χ0n) is 17.6. The van der Waals surface area contributed by atoms with Crippen LogP contribution in [0.5, 0.6) is 0 Å². The molecule has 160 valence electrons. The number of ketones is 1. The second-order valence-corrected chi connectivity index (χ2v) is 7.47. The molecule has 0 bridgehead atoms. The average Bonchev–Trinajstić information content (AvgIpc) is 3.48. The van der Waals surface area contributed by atoms with Gasteiger partial charge in [0.05, 0.1) is 29.7 Å². The largest absolute Gasteiger partial charge is 0.373 e. The van der Waals surface area contributed by atoms with Crippen molar-refractivity contribution in [3.63, 3.8) is 0 Å². The SMILES string of the molecule is CC.CCCC(=O)c1cc(F)c(-c2nc3cc(Cl)ccn3c2CC2CO2)c(C)c1F. The molecule has 2 aromatic heterocycles. The summed E-state index contributed by atoms with van der Waals surface area (Å²) in [4.78, 5) is 16.7. The van der Waals surface area contributed by atoms with E-state index in [-0.39, 0.29) is 29.2 Å². The molecule has 1 fully saturated rings. The minimum absolute atomic E-state index is 0.0351. The molecule has 3 heterocycles. The summed E-state index contributed by atoms with van der Waals surface area (Å²) in [6.45, 7) is 7.92. The molecule has 0 saturated carbocycles. The first-order valence-electron chi connectivity index (χ1n) is 10.2. The molecule has 1 atom stereocenters. The van der Waals surface area contributed by atoms with Crippen LogP contribution in [0.1, 0.15) is 55.2 Å². The van der Waals surface area contributed by atoms with Gasteiger partial charge in [-0.05, 0) is 31.0 Å². The van der Waals surface area contributed by atoms with E-state index < -0.39 is 17.4 Å². The highest BCUT2D eigenvalue weighted by molar-refractivity contribution is 6.30. The number of halogens is 3. The Morgan fingerprint density at radius 1 is 1.33 bits per heavy atom. The van der Waals surface area contributed by atoms with E-state index in [1.165, 1.54) is 6.92 Å². The topological polar surface area (TPSA) is 46.9 Å². The van der Waals surface area contributed by atoms with Gasteiger partial charge in [-0.15, -0.1) is 0 Å². The smallest absolute Gasteiger partial charge is 0.165 e. The van der Waals surface area contributed by atoms with Crippen molar-refractivity contribution in [2.24, 2.45) is 0 Å². The Morgan fingerprint density at radius 3 is 2.67 bits per heavy atom. The molecular weight excluding hydrogens is 410 g/mol. The Hall–Kier alpha value is -2.31. The lowest BCUT2D eigenvalue weighted by Crippen LogP contribution is -2.08. The van der Waals surface area contributed by atoms with Gasteiger partial charge in [0.1, 0.15) is 17.3 Å². The van der Waals surface area contributed by atoms with E-state index in [1.807, 2.05) is 25.2 Å². The van der Waals surface area contributed by atoms with E-state index in [9.17, 15) is 9.18 Å². The zero-order chi connectivity index (χ0) is 22.0. The third-order valence-corrected chi connectivity index (χ3v) is 5.21. The maximum atomic E-state index is 15.1. The summed E-state index contributed by atoms with van der Waals surface area (Å²) in [5.41, 5.74) is 1.56. The quantitative estimate of drug-likeness (QED) is 0.343. The number of rotatable bonds is 6. The lowest BCUT2D eigenvalue weighted by Gasteiger charge is -2.12. The van der Waals surface area contributed by atoms with Crippen LogP contribution in [-0.4, -0.2) is 27.9 Å². The number of nitrogens with zero attached hydrogens (tertiary/aromatic N) is 2. The van der Waals surface area contributed by atoms with Crippen LogP contribution >= 0.6 is 11.6 Å². The highest BCUT2D eigenvalue weighted by atomic mass is 35.5. The van der Waals surface area contributed by atoms with Crippen LogP contribution in [-0.2, 0) is 11.2 Å². The molecule has 0 aliphatic carbocycles. The van der Waals surface area contributed by atoms with Gasteiger partial charge in [0.15, 0.2) is 5.78 Å². The Kier molecular flexibility index (Phi) is 6.88. The van der Waals surface area contributed by atoms with E-state index >= 15 is 4.39 Å². The number of carbonyl (C=O) groups excluding carboxylic acids is 1.